The van der Waals surface area contributed by atoms with E-state index in [2.05, 4.69) is 22.3 Å². The molecule has 1 N–H and O–H groups in total. The van der Waals surface area contributed by atoms with Gasteiger partial charge in [-0.3, -0.25) is 0 Å². The number of rotatable bonds is 4. The summed E-state index contributed by atoms with van der Waals surface area (Å²) in [7, 11) is 4.08. The summed E-state index contributed by atoms with van der Waals surface area (Å²) in [5, 5.41) is 4.26. The largest absolute Gasteiger partial charge is 0.493 e. The van der Waals surface area contributed by atoms with Crippen LogP contribution < -0.4 is 15.0 Å². The number of hydrogen-bond donors (Lipinski definition) is 1. The molecule has 2 aromatic carbocycles. The van der Waals surface area contributed by atoms with E-state index in [4.69, 9.17) is 16.3 Å². The van der Waals surface area contributed by atoms with Gasteiger partial charge in [-0.15, -0.1) is 0 Å². The van der Waals surface area contributed by atoms with Crippen LogP contribution in [0.4, 0.5) is 11.4 Å². The zero-order valence-electron chi connectivity index (χ0n) is 12.3. The van der Waals surface area contributed by atoms with Crippen LogP contribution in [0.2, 0.25) is 5.02 Å². The molecular formula is C17H19ClN2O. The highest BCUT2D eigenvalue weighted by molar-refractivity contribution is 6.30. The Hall–Kier alpha value is -1.87. The van der Waals surface area contributed by atoms with Crippen molar-refractivity contribution in [2.75, 3.05) is 30.9 Å². The van der Waals surface area contributed by atoms with Crippen LogP contribution in [-0.2, 0) is 13.0 Å². The molecule has 0 unspecified atom stereocenters. The molecule has 1 aliphatic rings. The molecular weight excluding hydrogens is 284 g/mol. The van der Waals surface area contributed by atoms with Crippen LogP contribution in [0.3, 0.4) is 0 Å². The van der Waals surface area contributed by atoms with E-state index >= 15 is 0 Å². The molecule has 1 aliphatic heterocycles. The van der Waals surface area contributed by atoms with Crippen molar-refractivity contribution in [1.82, 2.24) is 0 Å². The van der Waals surface area contributed by atoms with Gasteiger partial charge in [-0.1, -0.05) is 23.7 Å². The molecule has 1 heterocycles. The molecule has 0 aliphatic carbocycles. The minimum atomic E-state index is 0.702. The molecule has 0 atom stereocenters. The maximum absolute atomic E-state index is 6.20. The zero-order valence-corrected chi connectivity index (χ0v) is 13.1. The van der Waals surface area contributed by atoms with Gasteiger partial charge >= 0.3 is 0 Å². The summed E-state index contributed by atoms with van der Waals surface area (Å²) in [5.41, 5.74) is 4.59. The molecule has 3 rings (SSSR count). The Bertz CT molecular complexity index is 655. The fraction of sp³-hybridized carbons (Fsp3) is 0.294. The summed E-state index contributed by atoms with van der Waals surface area (Å²) < 4.78 is 5.74. The van der Waals surface area contributed by atoms with E-state index in [0.717, 1.165) is 40.7 Å². The van der Waals surface area contributed by atoms with Crippen LogP contribution in [0.25, 0.3) is 0 Å². The third-order valence-electron chi connectivity index (χ3n) is 3.68. The molecule has 0 spiro atoms. The summed E-state index contributed by atoms with van der Waals surface area (Å²) in [6, 6.07) is 12.2. The van der Waals surface area contributed by atoms with Crippen molar-refractivity contribution in [1.29, 1.82) is 0 Å². The highest BCUT2D eigenvalue weighted by Gasteiger charge is 2.17. The second-order valence-corrected chi connectivity index (χ2v) is 5.85. The van der Waals surface area contributed by atoms with Gasteiger partial charge in [0.25, 0.3) is 0 Å². The lowest BCUT2D eigenvalue weighted by atomic mass is 10.1. The van der Waals surface area contributed by atoms with Crippen molar-refractivity contribution < 1.29 is 4.74 Å². The van der Waals surface area contributed by atoms with Gasteiger partial charge in [0.15, 0.2) is 0 Å². The zero-order chi connectivity index (χ0) is 14.8. The normalized spacial score (nSPS) is 12.7. The second kappa shape index (κ2) is 5.86. The molecule has 0 aromatic heterocycles. The molecule has 4 heteroatoms. The maximum atomic E-state index is 6.20. The van der Waals surface area contributed by atoms with Gasteiger partial charge in [-0.2, -0.15) is 0 Å². The quantitative estimate of drug-likeness (QED) is 0.925. The monoisotopic (exact) mass is 302 g/mol. The van der Waals surface area contributed by atoms with Crippen molar-refractivity contribution in [3.63, 3.8) is 0 Å². The van der Waals surface area contributed by atoms with E-state index < -0.39 is 0 Å². The van der Waals surface area contributed by atoms with Gasteiger partial charge in [0, 0.05) is 37.6 Å². The molecule has 0 saturated heterocycles. The summed E-state index contributed by atoms with van der Waals surface area (Å²) >= 11 is 6.20. The van der Waals surface area contributed by atoms with E-state index in [1.54, 1.807) is 0 Å². The third kappa shape index (κ3) is 2.93. The van der Waals surface area contributed by atoms with Gasteiger partial charge in [0.05, 0.1) is 18.0 Å². The van der Waals surface area contributed by atoms with Crippen LogP contribution in [-0.4, -0.2) is 20.7 Å². The number of halogens is 1. The molecule has 0 saturated carbocycles. The standard InChI is InChI=1S/C17H19ClN2O/c1-20(2)16-6-4-3-5-15(16)19-11-13-10-14(18)9-12-7-8-21-17(12)13/h3-6,9-10,19H,7-8,11H2,1-2H3. The van der Waals surface area contributed by atoms with Gasteiger partial charge < -0.3 is 15.0 Å². The molecule has 110 valence electrons. The van der Waals surface area contributed by atoms with Gasteiger partial charge in [0.2, 0.25) is 0 Å². The number of nitrogens with one attached hydrogen (secondary N) is 1. The van der Waals surface area contributed by atoms with Crippen molar-refractivity contribution in [2.45, 2.75) is 13.0 Å². The average molecular weight is 303 g/mol. The molecule has 2 aromatic rings. The summed E-state index contributed by atoms with van der Waals surface area (Å²) in [4.78, 5) is 2.10. The topological polar surface area (TPSA) is 24.5 Å². The lowest BCUT2D eigenvalue weighted by Crippen LogP contribution is -2.12. The number of hydrogen-bond acceptors (Lipinski definition) is 3. The van der Waals surface area contributed by atoms with Crippen LogP contribution in [0.15, 0.2) is 36.4 Å². The Morgan fingerprint density at radius 2 is 2.05 bits per heavy atom. The minimum Gasteiger partial charge on any atom is -0.493 e. The lowest BCUT2D eigenvalue weighted by Gasteiger charge is -2.19. The van der Waals surface area contributed by atoms with Crippen LogP contribution >= 0.6 is 11.6 Å². The van der Waals surface area contributed by atoms with E-state index in [-0.39, 0.29) is 0 Å². The highest BCUT2D eigenvalue weighted by atomic mass is 35.5. The van der Waals surface area contributed by atoms with Gasteiger partial charge in [-0.25, -0.2) is 0 Å². The van der Waals surface area contributed by atoms with E-state index in [1.807, 2.05) is 38.4 Å². The SMILES string of the molecule is CN(C)c1ccccc1NCc1cc(Cl)cc2c1OCC2. The Morgan fingerprint density at radius 3 is 2.86 bits per heavy atom. The van der Waals surface area contributed by atoms with E-state index in [0.29, 0.717) is 6.54 Å². The Labute approximate surface area is 130 Å². The number of para-hydroxylation sites is 2. The molecule has 0 amide bonds. The van der Waals surface area contributed by atoms with Crippen molar-refractivity contribution in [2.24, 2.45) is 0 Å². The summed E-state index contributed by atoms with van der Waals surface area (Å²) in [6.45, 7) is 1.45. The summed E-state index contributed by atoms with van der Waals surface area (Å²) in [5.74, 6) is 0.995. The Kier molecular flexibility index (Phi) is 3.93. The number of fused-ring (bicyclic) bond motifs is 1. The first kappa shape index (κ1) is 14.1. The van der Waals surface area contributed by atoms with E-state index in [9.17, 15) is 0 Å². The predicted molar refractivity (Wildman–Crippen MR) is 88.7 cm³/mol. The second-order valence-electron chi connectivity index (χ2n) is 5.42. The number of benzene rings is 2. The van der Waals surface area contributed by atoms with Crippen molar-refractivity contribution in [3.8, 4) is 5.75 Å². The number of anilines is 2. The first-order valence-corrected chi connectivity index (χ1v) is 7.47. The molecule has 0 bridgehead atoms. The third-order valence-corrected chi connectivity index (χ3v) is 3.90. The Morgan fingerprint density at radius 1 is 1.24 bits per heavy atom. The smallest absolute Gasteiger partial charge is 0.127 e. The van der Waals surface area contributed by atoms with Gasteiger partial charge in [-0.05, 0) is 29.8 Å². The van der Waals surface area contributed by atoms with Crippen LogP contribution in [0.1, 0.15) is 11.1 Å². The molecule has 21 heavy (non-hydrogen) atoms. The average Bonchev–Trinajstić information content (AvgIpc) is 2.93. The fourth-order valence-corrected chi connectivity index (χ4v) is 2.94. The maximum Gasteiger partial charge on any atom is 0.127 e. The fourth-order valence-electron chi connectivity index (χ4n) is 2.68. The minimum absolute atomic E-state index is 0.702. The number of nitrogens with zero attached hydrogens (tertiary/aromatic N) is 1. The molecule has 0 fully saturated rings. The highest BCUT2D eigenvalue weighted by Crippen LogP contribution is 2.34. The van der Waals surface area contributed by atoms with E-state index in [1.165, 1.54) is 5.56 Å². The van der Waals surface area contributed by atoms with Gasteiger partial charge in [0.1, 0.15) is 5.75 Å². The Balaban J connectivity index is 1.83. The first-order chi connectivity index (χ1) is 10.1. The molecule has 3 nitrogen and oxygen atoms in total. The lowest BCUT2D eigenvalue weighted by molar-refractivity contribution is 0.354. The molecule has 0 radical (unpaired) electrons. The first-order valence-electron chi connectivity index (χ1n) is 7.09. The summed E-state index contributed by atoms with van der Waals surface area (Å²) in [6.07, 6.45) is 0.942. The van der Waals surface area contributed by atoms with Crippen LogP contribution in [0, 0.1) is 0 Å². The van der Waals surface area contributed by atoms with Crippen molar-refractivity contribution >= 4 is 23.0 Å². The number of ether oxygens (including phenoxy) is 1. The van der Waals surface area contributed by atoms with Crippen LogP contribution in [0.5, 0.6) is 5.75 Å². The van der Waals surface area contributed by atoms with Crippen molar-refractivity contribution in [3.05, 3.63) is 52.5 Å². The predicted octanol–water partition coefficient (Wildman–Crippen LogP) is 3.95.